The number of hydrogen-bond acceptors (Lipinski definition) is 8. The standard InChI is InChI=1S/C14H15N7O2S/c1-7(24-14-19-12(15)18-13(16)20-14)11(23)21-6-10(22)17-8-4-2-3-5-9(8)21/h2-5,7H,6H2,1H3,(H,17,22)(H4,15,16,18,19,20)/t7-/m1/s1. The molecule has 1 aliphatic heterocycles. The molecule has 0 saturated carbocycles. The molecule has 10 heteroatoms. The van der Waals surface area contributed by atoms with Crippen molar-refractivity contribution in [1.29, 1.82) is 0 Å². The zero-order valence-corrected chi connectivity index (χ0v) is 13.6. The Morgan fingerprint density at radius 1 is 1.25 bits per heavy atom. The summed E-state index contributed by atoms with van der Waals surface area (Å²) in [6, 6.07) is 7.13. The van der Waals surface area contributed by atoms with Crippen molar-refractivity contribution in [2.75, 3.05) is 28.2 Å². The third-order valence-corrected chi connectivity index (χ3v) is 4.26. The van der Waals surface area contributed by atoms with Gasteiger partial charge in [0.25, 0.3) is 0 Å². The average molecular weight is 345 g/mol. The van der Waals surface area contributed by atoms with E-state index in [1.807, 2.05) is 6.07 Å². The highest BCUT2D eigenvalue weighted by Gasteiger charge is 2.30. The van der Waals surface area contributed by atoms with E-state index in [-0.39, 0.29) is 35.4 Å². The van der Waals surface area contributed by atoms with Crippen molar-refractivity contribution in [3.8, 4) is 0 Å². The summed E-state index contributed by atoms with van der Waals surface area (Å²) < 4.78 is 0. The van der Waals surface area contributed by atoms with E-state index in [4.69, 9.17) is 11.5 Å². The molecule has 0 saturated heterocycles. The van der Waals surface area contributed by atoms with E-state index in [9.17, 15) is 9.59 Å². The Bertz CT molecular complexity index is 793. The Morgan fingerprint density at radius 2 is 1.92 bits per heavy atom. The van der Waals surface area contributed by atoms with Crippen molar-refractivity contribution in [1.82, 2.24) is 15.0 Å². The lowest BCUT2D eigenvalue weighted by atomic mass is 10.2. The normalized spacial score (nSPS) is 14.7. The first-order chi connectivity index (χ1) is 11.4. The van der Waals surface area contributed by atoms with Gasteiger partial charge in [-0.3, -0.25) is 14.5 Å². The fraction of sp³-hybridized carbons (Fsp3) is 0.214. The number of aromatic nitrogens is 3. The molecule has 0 unspecified atom stereocenters. The summed E-state index contributed by atoms with van der Waals surface area (Å²) in [6.07, 6.45) is 0. The summed E-state index contributed by atoms with van der Waals surface area (Å²) in [7, 11) is 0. The summed E-state index contributed by atoms with van der Waals surface area (Å²) in [6.45, 7) is 1.67. The molecule has 0 bridgehead atoms. The highest BCUT2D eigenvalue weighted by atomic mass is 32.2. The van der Waals surface area contributed by atoms with Crippen molar-refractivity contribution in [2.24, 2.45) is 0 Å². The van der Waals surface area contributed by atoms with Crippen molar-refractivity contribution < 1.29 is 9.59 Å². The highest BCUT2D eigenvalue weighted by Crippen LogP contribution is 2.31. The predicted molar refractivity (Wildman–Crippen MR) is 91.4 cm³/mol. The first-order valence-electron chi connectivity index (χ1n) is 7.08. The number of anilines is 4. The maximum atomic E-state index is 12.8. The number of carbonyl (C=O) groups excluding carboxylic acids is 2. The van der Waals surface area contributed by atoms with Crippen LogP contribution in [0.2, 0.25) is 0 Å². The minimum absolute atomic E-state index is 0.00709. The van der Waals surface area contributed by atoms with Crippen molar-refractivity contribution in [3.05, 3.63) is 24.3 Å². The van der Waals surface area contributed by atoms with Gasteiger partial charge in [-0.25, -0.2) is 0 Å². The van der Waals surface area contributed by atoms with E-state index < -0.39 is 5.25 Å². The van der Waals surface area contributed by atoms with Gasteiger partial charge in [0.2, 0.25) is 23.7 Å². The number of carbonyl (C=O) groups is 2. The monoisotopic (exact) mass is 345 g/mol. The van der Waals surface area contributed by atoms with Crippen LogP contribution in [0.25, 0.3) is 0 Å². The van der Waals surface area contributed by atoms with E-state index in [2.05, 4.69) is 20.3 Å². The van der Waals surface area contributed by atoms with Crippen LogP contribution in [0.15, 0.2) is 29.4 Å². The van der Waals surface area contributed by atoms with Crippen LogP contribution in [-0.4, -0.2) is 38.6 Å². The van der Waals surface area contributed by atoms with Crippen LogP contribution in [0.1, 0.15) is 6.92 Å². The number of hydrogen-bond donors (Lipinski definition) is 3. The molecule has 1 aromatic heterocycles. The number of nitrogens with two attached hydrogens (primary N) is 2. The lowest BCUT2D eigenvalue weighted by Crippen LogP contribution is -2.45. The number of amides is 2. The summed E-state index contributed by atoms with van der Waals surface area (Å²) in [5, 5.41) is 2.47. The van der Waals surface area contributed by atoms with Crippen LogP contribution in [-0.2, 0) is 9.59 Å². The number of nitrogen functional groups attached to an aromatic ring is 2. The van der Waals surface area contributed by atoms with Crippen LogP contribution in [0.5, 0.6) is 0 Å². The SMILES string of the molecule is C[C@@H](Sc1nc(N)nc(N)n1)C(=O)N1CC(=O)Nc2ccccc21. The molecule has 24 heavy (non-hydrogen) atoms. The smallest absolute Gasteiger partial charge is 0.244 e. The third kappa shape index (κ3) is 3.23. The Labute approximate surface area is 141 Å². The number of fused-ring (bicyclic) bond motifs is 1. The molecule has 1 atom stereocenters. The van der Waals surface area contributed by atoms with Gasteiger partial charge in [0, 0.05) is 0 Å². The van der Waals surface area contributed by atoms with Gasteiger partial charge in [0.05, 0.1) is 16.6 Å². The minimum Gasteiger partial charge on any atom is -0.368 e. The van der Waals surface area contributed by atoms with E-state index in [0.29, 0.717) is 11.4 Å². The van der Waals surface area contributed by atoms with Gasteiger partial charge in [0.15, 0.2) is 5.16 Å². The molecular weight excluding hydrogens is 330 g/mol. The Balaban J connectivity index is 1.82. The summed E-state index contributed by atoms with van der Waals surface area (Å²) in [5.74, 6) is -0.493. The quantitative estimate of drug-likeness (QED) is 0.683. The molecule has 0 fully saturated rings. The zero-order valence-electron chi connectivity index (χ0n) is 12.8. The van der Waals surface area contributed by atoms with Gasteiger partial charge >= 0.3 is 0 Å². The minimum atomic E-state index is -0.537. The van der Waals surface area contributed by atoms with Gasteiger partial charge in [-0.15, -0.1) is 0 Å². The number of thioether (sulfide) groups is 1. The molecule has 2 aromatic rings. The van der Waals surface area contributed by atoms with E-state index in [1.54, 1.807) is 25.1 Å². The second-order valence-electron chi connectivity index (χ2n) is 5.08. The van der Waals surface area contributed by atoms with Crippen LogP contribution in [0, 0.1) is 0 Å². The molecule has 2 amide bonds. The molecule has 0 spiro atoms. The maximum Gasteiger partial charge on any atom is 0.244 e. The van der Waals surface area contributed by atoms with Gasteiger partial charge in [-0.05, 0) is 19.1 Å². The van der Waals surface area contributed by atoms with Crippen LogP contribution in [0.4, 0.5) is 23.3 Å². The summed E-state index contributed by atoms with van der Waals surface area (Å²) in [5.41, 5.74) is 12.3. The fourth-order valence-corrected chi connectivity index (χ4v) is 3.14. The average Bonchev–Trinajstić information content (AvgIpc) is 2.52. The number of nitrogens with zero attached hydrogens (tertiary/aromatic N) is 4. The topological polar surface area (TPSA) is 140 Å². The zero-order chi connectivity index (χ0) is 17.3. The van der Waals surface area contributed by atoms with Crippen molar-refractivity contribution >= 4 is 46.8 Å². The predicted octanol–water partition coefficient (Wildman–Crippen LogP) is 0.502. The largest absolute Gasteiger partial charge is 0.368 e. The first-order valence-corrected chi connectivity index (χ1v) is 7.96. The molecule has 2 heterocycles. The molecule has 124 valence electrons. The lowest BCUT2D eigenvalue weighted by molar-refractivity contribution is -0.121. The van der Waals surface area contributed by atoms with Gasteiger partial charge < -0.3 is 16.8 Å². The molecule has 1 aliphatic rings. The van der Waals surface area contributed by atoms with Crippen LogP contribution < -0.4 is 21.7 Å². The first kappa shape index (κ1) is 16.0. The number of rotatable bonds is 3. The van der Waals surface area contributed by atoms with Gasteiger partial charge in [0.1, 0.15) is 6.54 Å². The molecule has 3 rings (SSSR count). The van der Waals surface area contributed by atoms with E-state index >= 15 is 0 Å². The molecule has 9 nitrogen and oxygen atoms in total. The van der Waals surface area contributed by atoms with Crippen LogP contribution in [0.3, 0.4) is 0 Å². The highest BCUT2D eigenvalue weighted by molar-refractivity contribution is 8.00. The molecule has 0 radical (unpaired) electrons. The van der Waals surface area contributed by atoms with Gasteiger partial charge in [-0.1, -0.05) is 23.9 Å². The van der Waals surface area contributed by atoms with E-state index in [0.717, 1.165) is 11.8 Å². The molecule has 5 N–H and O–H groups in total. The van der Waals surface area contributed by atoms with Crippen molar-refractivity contribution in [3.63, 3.8) is 0 Å². The number of para-hydroxylation sites is 2. The molecule has 1 aromatic carbocycles. The van der Waals surface area contributed by atoms with Crippen molar-refractivity contribution in [2.45, 2.75) is 17.3 Å². The third-order valence-electron chi connectivity index (χ3n) is 3.32. The summed E-state index contributed by atoms with van der Waals surface area (Å²) >= 11 is 1.10. The summed E-state index contributed by atoms with van der Waals surface area (Å²) in [4.78, 5) is 37.6. The van der Waals surface area contributed by atoms with Gasteiger partial charge in [-0.2, -0.15) is 15.0 Å². The molecular formula is C14H15N7O2S. The molecule has 0 aliphatic carbocycles. The Hall–Kier alpha value is -2.88. The maximum absolute atomic E-state index is 12.8. The Kier molecular flexibility index (Phi) is 4.21. The number of nitrogens with one attached hydrogen (secondary N) is 1. The Morgan fingerprint density at radius 3 is 2.62 bits per heavy atom. The lowest BCUT2D eigenvalue weighted by Gasteiger charge is -2.30. The van der Waals surface area contributed by atoms with Crippen LogP contribution >= 0.6 is 11.8 Å². The number of benzene rings is 1. The van der Waals surface area contributed by atoms with E-state index in [1.165, 1.54) is 4.90 Å². The second kappa shape index (κ2) is 6.32. The fourth-order valence-electron chi connectivity index (χ4n) is 2.30. The second-order valence-corrected chi connectivity index (χ2v) is 6.39.